The molecule has 3 aliphatic rings. The SMILES string of the molecule is CCC1(CN2CCN(C)CC2)CC2CCCC(c3ccccc3)(C2)C1. The second kappa shape index (κ2) is 7.04. The van der Waals surface area contributed by atoms with E-state index in [1.165, 1.54) is 77.7 Å². The van der Waals surface area contributed by atoms with Crippen molar-refractivity contribution in [3.05, 3.63) is 35.9 Å². The second-order valence-electron chi connectivity index (χ2n) is 9.42. The van der Waals surface area contributed by atoms with E-state index >= 15 is 0 Å². The van der Waals surface area contributed by atoms with Gasteiger partial charge in [0.1, 0.15) is 0 Å². The van der Waals surface area contributed by atoms with Crippen LogP contribution in [-0.4, -0.2) is 49.6 Å². The molecule has 1 heterocycles. The fourth-order valence-electron chi connectivity index (χ4n) is 6.36. The first-order valence-corrected chi connectivity index (χ1v) is 10.6. The number of benzene rings is 1. The zero-order valence-corrected chi connectivity index (χ0v) is 16.3. The topological polar surface area (TPSA) is 6.48 Å². The van der Waals surface area contributed by atoms with E-state index in [-0.39, 0.29) is 0 Å². The zero-order valence-electron chi connectivity index (χ0n) is 16.3. The van der Waals surface area contributed by atoms with Crippen LogP contribution < -0.4 is 0 Å². The number of hydrogen-bond donors (Lipinski definition) is 0. The Morgan fingerprint density at radius 2 is 1.80 bits per heavy atom. The molecule has 2 nitrogen and oxygen atoms in total. The van der Waals surface area contributed by atoms with Crippen LogP contribution in [0.2, 0.25) is 0 Å². The highest BCUT2D eigenvalue weighted by Gasteiger charge is 2.50. The number of nitrogens with zero attached hydrogens (tertiary/aromatic N) is 2. The summed E-state index contributed by atoms with van der Waals surface area (Å²) in [7, 11) is 2.27. The summed E-state index contributed by atoms with van der Waals surface area (Å²) in [6, 6.07) is 11.5. The lowest BCUT2D eigenvalue weighted by Gasteiger charge is -2.56. The second-order valence-corrected chi connectivity index (χ2v) is 9.42. The third kappa shape index (κ3) is 3.53. The Bertz CT molecular complexity index is 563. The molecular weight excluding hydrogens is 304 g/mol. The summed E-state index contributed by atoms with van der Waals surface area (Å²) in [4.78, 5) is 5.26. The van der Waals surface area contributed by atoms with Gasteiger partial charge in [0.2, 0.25) is 0 Å². The van der Waals surface area contributed by atoms with Crippen LogP contribution in [0.1, 0.15) is 57.4 Å². The van der Waals surface area contributed by atoms with Crippen LogP contribution in [0.3, 0.4) is 0 Å². The monoisotopic (exact) mass is 340 g/mol. The summed E-state index contributed by atoms with van der Waals surface area (Å²) < 4.78 is 0. The molecule has 2 heteroatoms. The molecule has 0 spiro atoms. The van der Waals surface area contributed by atoms with Crippen molar-refractivity contribution in [3.8, 4) is 0 Å². The average Bonchev–Trinajstić information content (AvgIpc) is 2.64. The molecule has 2 saturated carbocycles. The normalized spacial score (nSPS) is 37.1. The van der Waals surface area contributed by atoms with E-state index in [1.54, 1.807) is 5.56 Å². The van der Waals surface area contributed by atoms with Crippen molar-refractivity contribution >= 4 is 0 Å². The minimum absolute atomic E-state index is 0.463. The summed E-state index contributed by atoms with van der Waals surface area (Å²) in [5.41, 5.74) is 2.63. The highest BCUT2D eigenvalue weighted by atomic mass is 15.2. The summed E-state index contributed by atoms with van der Waals surface area (Å²) in [5, 5.41) is 0. The van der Waals surface area contributed by atoms with Gasteiger partial charge in [0.25, 0.3) is 0 Å². The van der Waals surface area contributed by atoms with E-state index in [0.717, 1.165) is 5.92 Å². The van der Waals surface area contributed by atoms with Crippen LogP contribution in [0.5, 0.6) is 0 Å². The van der Waals surface area contributed by atoms with Crippen LogP contribution in [0.15, 0.2) is 30.3 Å². The number of hydrogen-bond acceptors (Lipinski definition) is 2. The molecule has 1 aliphatic heterocycles. The van der Waals surface area contributed by atoms with Gasteiger partial charge in [0, 0.05) is 32.7 Å². The summed E-state index contributed by atoms with van der Waals surface area (Å²) >= 11 is 0. The maximum atomic E-state index is 2.78. The molecule has 1 aromatic rings. The molecule has 0 radical (unpaired) electrons. The Labute approximate surface area is 154 Å². The van der Waals surface area contributed by atoms with Crippen LogP contribution in [-0.2, 0) is 5.41 Å². The zero-order chi connectivity index (χ0) is 17.3. The van der Waals surface area contributed by atoms with Gasteiger partial charge in [-0.15, -0.1) is 0 Å². The van der Waals surface area contributed by atoms with E-state index in [2.05, 4.69) is 54.1 Å². The van der Waals surface area contributed by atoms with Gasteiger partial charge < -0.3 is 9.80 Å². The Morgan fingerprint density at radius 1 is 1.04 bits per heavy atom. The van der Waals surface area contributed by atoms with Crippen molar-refractivity contribution in [2.24, 2.45) is 11.3 Å². The quantitative estimate of drug-likeness (QED) is 0.793. The van der Waals surface area contributed by atoms with Crippen molar-refractivity contribution < 1.29 is 0 Å². The molecule has 138 valence electrons. The van der Waals surface area contributed by atoms with Crippen molar-refractivity contribution in [2.75, 3.05) is 39.8 Å². The van der Waals surface area contributed by atoms with Gasteiger partial charge in [-0.1, -0.05) is 50.1 Å². The molecule has 3 atom stereocenters. The Morgan fingerprint density at radius 3 is 2.52 bits per heavy atom. The van der Waals surface area contributed by atoms with Gasteiger partial charge in [0.05, 0.1) is 0 Å². The predicted octanol–water partition coefficient (Wildman–Crippen LogP) is 4.55. The molecule has 3 fully saturated rings. The van der Waals surface area contributed by atoms with Crippen LogP contribution in [0.4, 0.5) is 0 Å². The third-order valence-corrected chi connectivity index (χ3v) is 7.67. The molecule has 2 aliphatic carbocycles. The van der Waals surface area contributed by atoms with Gasteiger partial charge in [-0.2, -0.15) is 0 Å². The maximum absolute atomic E-state index is 2.78. The molecule has 4 rings (SSSR count). The number of fused-ring (bicyclic) bond motifs is 2. The molecule has 25 heavy (non-hydrogen) atoms. The van der Waals surface area contributed by atoms with Crippen LogP contribution in [0, 0.1) is 11.3 Å². The van der Waals surface area contributed by atoms with Gasteiger partial charge in [0.15, 0.2) is 0 Å². The van der Waals surface area contributed by atoms with E-state index in [0.29, 0.717) is 10.8 Å². The van der Waals surface area contributed by atoms with Crippen molar-refractivity contribution in [3.63, 3.8) is 0 Å². The molecule has 1 aromatic carbocycles. The highest BCUT2D eigenvalue weighted by Crippen LogP contribution is 2.58. The minimum atomic E-state index is 0.463. The van der Waals surface area contributed by atoms with Gasteiger partial charge in [-0.05, 0) is 61.5 Å². The molecule has 3 unspecified atom stereocenters. The first-order chi connectivity index (χ1) is 12.1. The van der Waals surface area contributed by atoms with Crippen LogP contribution >= 0.6 is 0 Å². The summed E-state index contributed by atoms with van der Waals surface area (Å²) in [6.45, 7) is 8.82. The summed E-state index contributed by atoms with van der Waals surface area (Å²) in [5.74, 6) is 0.954. The van der Waals surface area contributed by atoms with Crippen molar-refractivity contribution in [2.45, 2.75) is 57.3 Å². The lowest BCUT2D eigenvalue weighted by atomic mass is 9.51. The molecule has 0 N–H and O–H groups in total. The summed E-state index contributed by atoms with van der Waals surface area (Å²) in [6.07, 6.45) is 10.0. The van der Waals surface area contributed by atoms with E-state index in [1.807, 2.05) is 0 Å². The molecule has 0 amide bonds. The first kappa shape index (κ1) is 17.5. The van der Waals surface area contributed by atoms with Crippen LogP contribution in [0.25, 0.3) is 0 Å². The number of rotatable bonds is 4. The van der Waals surface area contributed by atoms with Gasteiger partial charge in [-0.25, -0.2) is 0 Å². The van der Waals surface area contributed by atoms with E-state index < -0.39 is 0 Å². The Hall–Kier alpha value is -0.860. The van der Waals surface area contributed by atoms with Crippen molar-refractivity contribution in [1.29, 1.82) is 0 Å². The van der Waals surface area contributed by atoms with E-state index in [9.17, 15) is 0 Å². The standard InChI is InChI=1S/C23H36N2/c1-3-22(19-25-14-12-24(2)13-15-25)16-20-8-7-11-23(17-20,18-22)21-9-5-4-6-10-21/h4-6,9-10,20H,3,7-8,11-19H2,1-2H3. The molecule has 0 aromatic heterocycles. The molecule has 1 saturated heterocycles. The fourth-order valence-corrected chi connectivity index (χ4v) is 6.36. The average molecular weight is 341 g/mol. The first-order valence-electron chi connectivity index (χ1n) is 10.6. The van der Waals surface area contributed by atoms with Gasteiger partial charge in [-0.3, -0.25) is 0 Å². The third-order valence-electron chi connectivity index (χ3n) is 7.67. The maximum Gasteiger partial charge on any atom is 0.0110 e. The molecular formula is C23H36N2. The predicted molar refractivity (Wildman–Crippen MR) is 106 cm³/mol. The lowest BCUT2D eigenvalue weighted by Crippen LogP contribution is -2.53. The van der Waals surface area contributed by atoms with E-state index in [4.69, 9.17) is 0 Å². The largest absolute Gasteiger partial charge is 0.304 e. The smallest absolute Gasteiger partial charge is 0.0110 e. The fraction of sp³-hybridized carbons (Fsp3) is 0.739. The Kier molecular flexibility index (Phi) is 4.94. The minimum Gasteiger partial charge on any atom is -0.304 e. The highest BCUT2D eigenvalue weighted by molar-refractivity contribution is 5.28. The molecule has 2 bridgehead atoms. The number of likely N-dealkylation sites (N-methyl/N-ethyl adjacent to an activating group) is 1. The lowest BCUT2D eigenvalue weighted by molar-refractivity contribution is -0.00766. The van der Waals surface area contributed by atoms with Crippen molar-refractivity contribution in [1.82, 2.24) is 9.80 Å². The number of piperazine rings is 1. The Balaban J connectivity index is 1.58. The van der Waals surface area contributed by atoms with Gasteiger partial charge >= 0.3 is 0 Å².